The van der Waals surface area contributed by atoms with Crippen LogP contribution in [-0.2, 0) is 17.8 Å². The lowest BCUT2D eigenvalue weighted by atomic mass is 10.2. The summed E-state index contributed by atoms with van der Waals surface area (Å²) in [6.07, 6.45) is 2.16. The van der Waals surface area contributed by atoms with Gasteiger partial charge in [-0.25, -0.2) is 18.2 Å². The number of nitrogens with one attached hydrogen (secondary N) is 1. The molecule has 2 rings (SSSR count). The monoisotopic (exact) mass is 524 g/mol. The van der Waals surface area contributed by atoms with E-state index in [1.165, 1.54) is 4.90 Å². The molecule has 0 spiro atoms. The Labute approximate surface area is 184 Å². The average Bonchev–Trinajstić information content (AvgIpc) is 3.15. The Bertz CT molecular complexity index is 806. The molecule has 0 saturated heterocycles. The van der Waals surface area contributed by atoms with Crippen LogP contribution in [0.3, 0.4) is 0 Å². The molecule has 1 aromatic carbocycles. The van der Waals surface area contributed by atoms with Gasteiger partial charge in [-0.3, -0.25) is 4.79 Å². The summed E-state index contributed by atoms with van der Waals surface area (Å²) < 4.78 is 45.3. The summed E-state index contributed by atoms with van der Waals surface area (Å²) in [6.45, 7) is 0.447. The van der Waals surface area contributed by atoms with Crippen LogP contribution in [0.5, 0.6) is 0 Å². The topological polar surface area (TPSA) is 61.1 Å². The summed E-state index contributed by atoms with van der Waals surface area (Å²) in [4.78, 5) is 19.1. The van der Waals surface area contributed by atoms with Gasteiger partial charge in [0.15, 0.2) is 23.4 Å². The van der Waals surface area contributed by atoms with Crippen LogP contribution in [0.15, 0.2) is 39.9 Å². The highest BCUT2D eigenvalue weighted by atomic mass is 127. The molecule has 1 N–H and O–H groups in total. The van der Waals surface area contributed by atoms with Crippen molar-refractivity contribution in [3.63, 3.8) is 0 Å². The van der Waals surface area contributed by atoms with Crippen LogP contribution < -0.4 is 5.32 Å². The van der Waals surface area contributed by atoms with Gasteiger partial charge in [-0.1, -0.05) is 0 Å². The molecule has 160 valence electrons. The van der Waals surface area contributed by atoms with Crippen molar-refractivity contribution in [1.82, 2.24) is 15.1 Å². The van der Waals surface area contributed by atoms with Gasteiger partial charge in [-0.2, -0.15) is 0 Å². The number of likely N-dealkylation sites (N-methyl/N-ethyl adjacent to an activating group) is 1. The molecule has 1 amide bonds. The number of hydrogen-bond donors (Lipinski definition) is 1. The minimum Gasteiger partial charge on any atom is -0.469 e. The quantitative estimate of drug-likeness (QED) is 0.262. The molecule has 0 fully saturated rings. The lowest BCUT2D eigenvalue weighted by Crippen LogP contribution is -2.40. The molecule has 0 saturated carbocycles. The van der Waals surface area contributed by atoms with Crippen molar-refractivity contribution in [1.29, 1.82) is 0 Å². The van der Waals surface area contributed by atoms with Crippen LogP contribution in [0.2, 0.25) is 0 Å². The summed E-state index contributed by atoms with van der Waals surface area (Å²) in [7, 11) is 4.89. The molecule has 0 atom stereocenters. The first kappa shape index (κ1) is 24.8. The predicted octanol–water partition coefficient (Wildman–Crippen LogP) is 3.02. The van der Waals surface area contributed by atoms with E-state index in [4.69, 9.17) is 4.42 Å². The second kappa shape index (κ2) is 11.7. The standard InChI is InChI=1S/C19H23F3N4O2.HI/c1-25(2)17(27)11-24-19(23-7-6-14-5-4-8-28-14)26(3)12-13-9-15(20)18(22)16(21)10-13;/h4-5,8-10H,6-7,11-12H2,1-3H3,(H,23,24);1H. The number of hydrogen-bond acceptors (Lipinski definition) is 3. The first-order chi connectivity index (χ1) is 13.3. The van der Waals surface area contributed by atoms with Crippen molar-refractivity contribution >= 4 is 35.8 Å². The zero-order chi connectivity index (χ0) is 20.7. The Morgan fingerprint density at radius 2 is 1.83 bits per heavy atom. The van der Waals surface area contributed by atoms with Gasteiger partial charge in [-0.05, 0) is 29.8 Å². The Kier molecular flexibility index (Phi) is 9.99. The Hall–Kier alpha value is -2.24. The number of benzene rings is 1. The highest BCUT2D eigenvalue weighted by Gasteiger charge is 2.14. The molecule has 0 radical (unpaired) electrons. The van der Waals surface area contributed by atoms with Crippen molar-refractivity contribution in [3.05, 3.63) is 59.3 Å². The summed E-state index contributed by atoms with van der Waals surface area (Å²) >= 11 is 0. The molecule has 1 heterocycles. The van der Waals surface area contributed by atoms with E-state index in [9.17, 15) is 18.0 Å². The van der Waals surface area contributed by atoms with Gasteiger partial charge in [0.05, 0.1) is 6.26 Å². The van der Waals surface area contributed by atoms with Gasteiger partial charge in [0.1, 0.15) is 12.3 Å². The molecule has 29 heavy (non-hydrogen) atoms. The molecule has 6 nitrogen and oxygen atoms in total. The van der Waals surface area contributed by atoms with Gasteiger partial charge in [0.25, 0.3) is 0 Å². The number of nitrogens with zero attached hydrogens (tertiary/aromatic N) is 3. The van der Waals surface area contributed by atoms with Crippen LogP contribution in [0.1, 0.15) is 11.3 Å². The maximum absolute atomic E-state index is 13.5. The third-order valence-electron chi connectivity index (χ3n) is 3.92. The number of aliphatic imine (C=N–C) groups is 1. The number of guanidine groups is 1. The molecule has 0 aliphatic heterocycles. The fourth-order valence-corrected chi connectivity index (χ4v) is 2.40. The van der Waals surface area contributed by atoms with E-state index < -0.39 is 17.5 Å². The van der Waals surface area contributed by atoms with Crippen LogP contribution >= 0.6 is 24.0 Å². The molecule has 0 aliphatic rings. The fourth-order valence-electron chi connectivity index (χ4n) is 2.40. The van der Waals surface area contributed by atoms with E-state index in [-0.39, 0.29) is 48.5 Å². The number of halogens is 4. The van der Waals surface area contributed by atoms with Crippen molar-refractivity contribution in [2.45, 2.75) is 13.0 Å². The van der Waals surface area contributed by atoms with E-state index in [1.54, 1.807) is 38.4 Å². The zero-order valence-electron chi connectivity index (χ0n) is 16.4. The number of carbonyl (C=O) groups is 1. The van der Waals surface area contributed by atoms with E-state index in [2.05, 4.69) is 10.3 Å². The molecule has 0 bridgehead atoms. The summed E-state index contributed by atoms with van der Waals surface area (Å²) in [6, 6.07) is 5.48. The largest absolute Gasteiger partial charge is 0.469 e. The highest BCUT2D eigenvalue weighted by Crippen LogP contribution is 2.15. The second-order valence-electron chi connectivity index (χ2n) is 6.41. The van der Waals surface area contributed by atoms with Gasteiger partial charge in [0.2, 0.25) is 5.91 Å². The Morgan fingerprint density at radius 1 is 1.17 bits per heavy atom. The molecular formula is C19H24F3IN4O2. The smallest absolute Gasteiger partial charge is 0.243 e. The third kappa shape index (κ3) is 7.59. The normalized spacial score (nSPS) is 11.0. The van der Waals surface area contributed by atoms with Crippen molar-refractivity contribution < 1.29 is 22.4 Å². The Morgan fingerprint density at radius 3 is 2.38 bits per heavy atom. The summed E-state index contributed by atoms with van der Waals surface area (Å²) in [5.74, 6) is -3.06. The molecule has 1 aromatic heterocycles. The van der Waals surface area contributed by atoms with Gasteiger partial charge < -0.3 is 19.5 Å². The molecular weight excluding hydrogens is 500 g/mol. The minimum atomic E-state index is -1.51. The highest BCUT2D eigenvalue weighted by molar-refractivity contribution is 14.0. The van der Waals surface area contributed by atoms with Crippen LogP contribution in [-0.4, -0.2) is 55.9 Å². The van der Waals surface area contributed by atoms with Gasteiger partial charge >= 0.3 is 0 Å². The van der Waals surface area contributed by atoms with E-state index >= 15 is 0 Å². The fraction of sp³-hybridized carbons (Fsp3) is 0.368. The summed E-state index contributed by atoms with van der Waals surface area (Å²) in [5, 5.41) is 3.10. The van der Waals surface area contributed by atoms with Crippen LogP contribution in [0.25, 0.3) is 0 Å². The van der Waals surface area contributed by atoms with Gasteiger partial charge in [0, 0.05) is 40.7 Å². The number of amides is 1. The number of furan rings is 1. The van der Waals surface area contributed by atoms with Crippen molar-refractivity contribution in [2.24, 2.45) is 4.99 Å². The maximum Gasteiger partial charge on any atom is 0.243 e. The SMILES string of the molecule is CN(C)C(=O)CN=C(NCCc1ccco1)N(C)Cc1cc(F)c(F)c(F)c1.I. The zero-order valence-corrected chi connectivity index (χ0v) is 18.7. The first-order valence-corrected chi connectivity index (χ1v) is 8.63. The Balaban J connectivity index is 0.00000420. The molecule has 2 aromatic rings. The molecule has 10 heteroatoms. The molecule has 0 aliphatic carbocycles. The summed E-state index contributed by atoms with van der Waals surface area (Å²) in [5.41, 5.74) is 0.235. The van der Waals surface area contributed by atoms with Gasteiger partial charge in [-0.15, -0.1) is 24.0 Å². The van der Waals surface area contributed by atoms with E-state index in [0.717, 1.165) is 17.9 Å². The van der Waals surface area contributed by atoms with E-state index in [0.29, 0.717) is 18.9 Å². The minimum absolute atomic E-state index is 0. The lowest BCUT2D eigenvalue weighted by molar-refractivity contribution is -0.127. The van der Waals surface area contributed by atoms with Crippen LogP contribution in [0, 0.1) is 17.5 Å². The predicted molar refractivity (Wildman–Crippen MR) is 115 cm³/mol. The van der Waals surface area contributed by atoms with Crippen LogP contribution in [0.4, 0.5) is 13.2 Å². The maximum atomic E-state index is 13.5. The number of carbonyl (C=O) groups excluding carboxylic acids is 1. The van der Waals surface area contributed by atoms with Crippen molar-refractivity contribution in [3.8, 4) is 0 Å². The number of rotatable bonds is 7. The second-order valence-corrected chi connectivity index (χ2v) is 6.41. The van der Waals surface area contributed by atoms with Crippen molar-refractivity contribution in [2.75, 3.05) is 34.2 Å². The third-order valence-corrected chi connectivity index (χ3v) is 3.92. The molecule has 0 unspecified atom stereocenters. The average molecular weight is 524 g/mol. The lowest BCUT2D eigenvalue weighted by Gasteiger charge is -2.23. The first-order valence-electron chi connectivity index (χ1n) is 8.63. The van der Waals surface area contributed by atoms with E-state index in [1.807, 2.05) is 6.07 Å².